The molecule has 0 aliphatic heterocycles. The summed E-state index contributed by atoms with van der Waals surface area (Å²) in [6, 6.07) is 0. The molecule has 0 atom stereocenters. The summed E-state index contributed by atoms with van der Waals surface area (Å²) in [5.74, 6) is -2.70. The molecule has 0 heterocycles. The van der Waals surface area contributed by atoms with Crippen LogP contribution >= 0.6 is 0 Å². The zero-order chi connectivity index (χ0) is 19.0. The highest BCUT2D eigenvalue weighted by Crippen LogP contribution is 2.26. The molecule has 0 radical (unpaired) electrons. The van der Waals surface area contributed by atoms with Crippen LogP contribution in [0, 0.1) is 0 Å². The SMILES string of the molecule is C=C(C)/C=C\C(=C)C(=C)/C(F)=C(/F)C(=C)OC.CC.CCCC. The summed E-state index contributed by atoms with van der Waals surface area (Å²) in [6.45, 7) is 24.0. The van der Waals surface area contributed by atoms with E-state index in [9.17, 15) is 8.78 Å². The van der Waals surface area contributed by atoms with Gasteiger partial charge < -0.3 is 4.74 Å². The van der Waals surface area contributed by atoms with E-state index in [1.165, 1.54) is 26.0 Å². The average molecular weight is 326 g/mol. The Hall–Kier alpha value is -1.90. The second-order valence-corrected chi connectivity index (χ2v) is 4.44. The molecule has 0 spiro atoms. The van der Waals surface area contributed by atoms with Gasteiger partial charge in [-0.1, -0.05) is 84.6 Å². The van der Waals surface area contributed by atoms with E-state index in [2.05, 4.69) is 44.9 Å². The van der Waals surface area contributed by atoms with Crippen LogP contribution < -0.4 is 0 Å². The lowest BCUT2D eigenvalue weighted by Crippen LogP contribution is -1.93. The van der Waals surface area contributed by atoms with Gasteiger partial charge in [0, 0.05) is 5.57 Å². The molecule has 0 fully saturated rings. The van der Waals surface area contributed by atoms with Crippen LogP contribution in [-0.4, -0.2) is 7.11 Å². The minimum Gasteiger partial charge on any atom is -0.494 e. The van der Waals surface area contributed by atoms with E-state index >= 15 is 0 Å². The van der Waals surface area contributed by atoms with E-state index in [1.54, 1.807) is 13.0 Å². The fourth-order valence-electron chi connectivity index (χ4n) is 0.829. The maximum atomic E-state index is 13.5. The predicted molar refractivity (Wildman–Crippen MR) is 99.6 cm³/mol. The standard InChI is InChI=1S/C14H16F2O.C4H10.C2H6/c1-9(2)7-8-10(3)11(4)13(15)14(16)12(5)17-6;1-3-4-2;1-2/h7-8H,1,3-5H2,2,6H3;3-4H2,1-2H3;1-2H3/b8-7-,14-13-;;. The lowest BCUT2D eigenvalue weighted by molar-refractivity contribution is 0.281. The number of halogens is 2. The summed E-state index contributed by atoms with van der Waals surface area (Å²) in [6.07, 6.45) is 5.77. The van der Waals surface area contributed by atoms with Gasteiger partial charge in [-0.15, -0.1) is 0 Å². The Morgan fingerprint density at radius 3 is 1.65 bits per heavy atom. The summed E-state index contributed by atoms with van der Waals surface area (Å²) < 4.78 is 31.4. The second kappa shape index (κ2) is 16.5. The van der Waals surface area contributed by atoms with Crippen molar-refractivity contribution in [3.05, 3.63) is 72.6 Å². The Morgan fingerprint density at radius 2 is 1.35 bits per heavy atom. The van der Waals surface area contributed by atoms with Crippen LogP contribution in [0.2, 0.25) is 0 Å². The summed E-state index contributed by atoms with van der Waals surface area (Å²) in [4.78, 5) is 0. The van der Waals surface area contributed by atoms with Gasteiger partial charge in [0.05, 0.1) is 7.11 Å². The number of rotatable bonds is 7. The molecular formula is C20H32F2O. The minimum atomic E-state index is -1.18. The van der Waals surface area contributed by atoms with Crippen LogP contribution in [0.1, 0.15) is 47.5 Å². The van der Waals surface area contributed by atoms with Gasteiger partial charge in [-0.05, 0) is 12.5 Å². The number of methoxy groups -OCH3 is 1. The number of allylic oxidation sites excluding steroid dienone is 7. The van der Waals surface area contributed by atoms with Gasteiger partial charge in [0.25, 0.3) is 0 Å². The van der Waals surface area contributed by atoms with Gasteiger partial charge in [-0.3, -0.25) is 0 Å². The Kier molecular flexibility index (Phi) is 18.6. The fraction of sp³-hybridized carbons (Fsp3) is 0.400. The fourth-order valence-corrected chi connectivity index (χ4v) is 0.829. The maximum absolute atomic E-state index is 13.5. The van der Waals surface area contributed by atoms with Crippen molar-refractivity contribution < 1.29 is 13.5 Å². The molecular weight excluding hydrogens is 294 g/mol. The Morgan fingerprint density at radius 1 is 0.913 bits per heavy atom. The predicted octanol–water partition coefficient (Wildman–Crippen LogP) is 7.37. The molecule has 23 heavy (non-hydrogen) atoms. The number of unbranched alkanes of at least 4 members (excludes halogenated alkanes) is 1. The van der Waals surface area contributed by atoms with Gasteiger partial charge in [0.2, 0.25) is 5.83 Å². The van der Waals surface area contributed by atoms with E-state index in [1.807, 2.05) is 13.8 Å². The smallest absolute Gasteiger partial charge is 0.200 e. The minimum absolute atomic E-state index is 0.154. The Labute approximate surface area is 141 Å². The summed E-state index contributed by atoms with van der Waals surface area (Å²) >= 11 is 0. The first-order valence-corrected chi connectivity index (χ1v) is 7.73. The van der Waals surface area contributed by atoms with E-state index in [-0.39, 0.29) is 16.9 Å². The van der Waals surface area contributed by atoms with Crippen molar-refractivity contribution in [3.63, 3.8) is 0 Å². The zero-order valence-electron chi connectivity index (χ0n) is 15.6. The van der Waals surface area contributed by atoms with E-state index < -0.39 is 11.7 Å². The van der Waals surface area contributed by atoms with Crippen LogP contribution in [-0.2, 0) is 4.74 Å². The summed E-state index contributed by atoms with van der Waals surface area (Å²) in [5.41, 5.74) is 0.868. The van der Waals surface area contributed by atoms with Crippen LogP contribution in [0.15, 0.2) is 72.6 Å². The van der Waals surface area contributed by atoms with Crippen molar-refractivity contribution >= 4 is 0 Å². The van der Waals surface area contributed by atoms with Crippen LogP contribution in [0.4, 0.5) is 8.78 Å². The molecule has 3 heteroatoms. The molecule has 0 N–H and O–H groups in total. The van der Waals surface area contributed by atoms with Gasteiger partial charge in [-0.25, -0.2) is 4.39 Å². The lowest BCUT2D eigenvalue weighted by Gasteiger charge is -2.06. The molecule has 0 amide bonds. The second-order valence-electron chi connectivity index (χ2n) is 4.44. The third-order valence-electron chi connectivity index (χ3n) is 2.41. The zero-order valence-corrected chi connectivity index (χ0v) is 15.6. The van der Waals surface area contributed by atoms with Gasteiger partial charge in [0.1, 0.15) is 5.76 Å². The van der Waals surface area contributed by atoms with Crippen LogP contribution in [0.25, 0.3) is 0 Å². The highest BCUT2D eigenvalue weighted by atomic mass is 19.2. The molecule has 132 valence electrons. The van der Waals surface area contributed by atoms with Crippen LogP contribution in [0.5, 0.6) is 0 Å². The largest absolute Gasteiger partial charge is 0.494 e. The van der Waals surface area contributed by atoms with Crippen molar-refractivity contribution in [2.45, 2.75) is 47.5 Å². The number of hydrogen-bond donors (Lipinski definition) is 0. The molecule has 0 aromatic carbocycles. The molecule has 0 bridgehead atoms. The van der Waals surface area contributed by atoms with Crippen LogP contribution in [0.3, 0.4) is 0 Å². The quantitative estimate of drug-likeness (QED) is 0.350. The number of ether oxygens (including phenoxy) is 1. The van der Waals surface area contributed by atoms with E-state index in [4.69, 9.17) is 0 Å². The maximum Gasteiger partial charge on any atom is 0.200 e. The molecule has 0 aliphatic rings. The Bertz CT molecular complexity index is 452. The number of hydrogen-bond acceptors (Lipinski definition) is 1. The van der Waals surface area contributed by atoms with Gasteiger partial charge >= 0.3 is 0 Å². The third kappa shape index (κ3) is 13.5. The van der Waals surface area contributed by atoms with Crippen molar-refractivity contribution in [2.75, 3.05) is 7.11 Å². The molecule has 0 unspecified atom stereocenters. The normalized spacial score (nSPS) is 10.4. The van der Waals surface area contributed by atoms with Crippen molar-refractivity contribution in [1.29, 1.82) is 0 Å². The molecule has 0 aromatic heterocycles. The monoisotopic (exact) mass is 326 g/mol. The van der Waals surface area contributed by atoms with Crippen molar-refractivity contribution in [2.24, 2.45) is 0 Å². The highest BCUT2D eigenvalue weighted by molar-refractivity contribution is 5.49. The topological polar surface area (TPSA) is 9.23 Å². The van der Waals surface area contributed by atoms with Gasteiger partial charge in [0.15, 0.2) is 5.83 Å². The first-order chi connectivity index (χ1) is 10.7. The van der Waals surface area contributed by atoms with Gasteiger partial charge in [-0.2, -0.15) is 4.39 Å². The highest BCUT2D eigenvalue weighted by Gasteiger charge is 2.14. The first kappa shape index (κ1) is 26.0. The average Bonchev–Trinajstić information content (AvgIpc) is 2.58. The summed E-state index contributed by atoms with van der Waals surface area (Å²) in [7, 11) is 1.20. The van der Waals surface area contributed by atoms with E-state index in [0.717, 1.165) is 5.57 Å². The molecule has 0 saturated carbocycles. The molecule has 0 saturated heterocycles. The molecule has 0 aliphatic carbocycles. The third-order valence-corrected chi connectivity index (χ3v) is 2.41. The molecule has 0 aromatic rings. The lowest BCUT2D eigenvalue weighted by atomic mass is 10.1. The van der Waals surface area contributed by atoms with Crippen molar-refractivity contribution in [3.8, 4) is 0 Å². The first-order valence-electron chi connectivity index (χ1n) is 7.73. The summed E-state index contributed by atoms with van der Waals surface area (Å²) in [5, 5.41) is 0. The Balaban J connectivity index is -0.000000574. The molecule has 0 rings (SSSR count). The molecule has 1 nitrogen and oxygen atoms in total. The van der Waals surface area contributed by atoms with E-state index in [0.29, 0.717) is 0 Å². The van der Waals surface area contributed by atoms with Crippen molar-refractivity contribution in [1.82, 2.24) is 0 Å².